The van der Waals surface area contributed by atoms with Gasteiger partial charge in [0.15, 0.2) is 0 Å². The molecule has 2 nitrogen and oxygen atoms in total. The smallest absolute Gasteiger partial charge is 0.146 e. The van der Waals surface area contributed by atoms with Gasteiger partial charge < -0.3 is 0 Å². The first kappa shape index (κ1) is 11.1. The Hall–Kier alpha value is -0.370. The maximum atomic E-state index is 11.5. The Morgan fingerprint density at radius 3 is 2.67 bits per heavy atom. The molecule has 2 aliphatic rings. The molecule has 1 aliphatic heterocycles. The van der Waals surface area contributed by atoms with E-state index in [0.29, 0.717) is 17.2 Å². The van der Waals surface area contributed by atoms with Crippen molar-refractivity contribution in [3.8, 4) is 0 Å². The summed E-state index contributed by atoms with van der Waals surface area (Å²) in [4.78, 5) is 13.9. The van der Waals surface area contributed by atoms with Crippen molar-refractivity contribution in [1.82, 2.24) is 4.90 Å². The third-order valence-corrected chi connectivity index (χ3v) is 4.59. The van der Waals surface area contributed by atoms with E-state index in [2.05, 4.69) is 25.7 Å². The summed E-state index contributed by atoms with van der Waals surface area (Å²) in [5.74, 6) is 1.14. The molecule has 2 rings (SSSR count). The molecule has 2 fully saturated rings. The van der Waals surface area contributed by atoms with E-state index in [1.54, 1.807) is 6.92 Å². The van der Waals surface area contributed by atoms with E-state index in [9.17, 15) is 4.79 Å². The summed E-state index contributed by atoms with van der Waals surface area (Å²) in [5, 5.41) is 0. The highest BCUT2D eigenvalue weighted by Crippen LogP contribution is 2.49. The number of nitrogens with zero attached hydrogens (tertiary/aromatic N) is 1. The molecular formula is C13H23NO. The molecule has 0 radical (unpaired) electrons. The molecule has 3 unspecified atom stereocenters. The van der Waals surface area contributed by atoms with Crippen LogP contribution in [0.5, 0.6) is 0 Å². The first-order valence-corrected chi connectivity index (χ1v) is 6.19. The molecule has 0 aromatic carbocycles. The second-order valence-electron chi connectivity index (χ2n) is 6.05. The van der Waals surface area contributed by atoms with Crippen LogP contribution in [0.4, 0.5) is 0 Å². The lowest BCUT2D eigenvalue weighted by atomic mass is 9.80. The largest absolute Gasteiger partial charge is 0.298 e. The van der Waals surface area contributed by atoms with E-state index in [1.807, 2.05) is 0 Å². The van der Waals surface area contributed by atoms with Crippen LogP contribution in [0, 0.1) is 11.3 Å². The molecule has 0 aromatic rings. The van der Waals surface area contributed by atoms with E-state index < -0.39 is 0 Å². The predicted molar refractivity (Wildman–Crippen MR) is 61.8 cm³/mol. The van der Waals surface area contributed by atoms with Gasteiger partial charge in [0.05, 0.1) is 6.04 Å². The first-order valence-electron chi connectivity index (χ1n) is 6.19. The van der Waals surface area contributed by atoms with Gasteiger partial charge in [0.1, 0.15) is 5.78 Å². The van der Waals surface area contributed by atoms with E-state index >= 15 is 0 Å². The lowest BCUT2D eigenvalue weighted by Gasteiger charge is -2.28. The molecule has 1 saturated heterocycles. The molecule has 1 heterocycles. The Bertz CT molecular complexity index is 272. The van der Waals surface area contributed by atoms with Crippen molar-refractivity contribution < 1.29 is 4.79 Å². The topological polar surface area (TPSA) is 20.3 Å². The van der Waals surface area contributed by atoms with Crippen molar-refractivity contribution in [1.29, 1.82) is 0 Å². The van der Waals surface area contributed by atoms with Gasteiger partial charge in [-0.15, -0.1) is 0 Å². The maximum Gasteiger partial charge on any atom is 0.146 e. The summed E-state index contributed by atoms with van der Waals surface area (Å²) in [6.07, 6.45) is 4.00. The molecule has 0 N–H and O–H groups in total. The van der Waals surface area contributed by atoms with Crippen molar-refractivity contribution in [2.24, 2.45) is 11.3 Å². The quantitative estimate of drug-likeness (QED) is 0.696. The van der Waals surface area contributed by atoms with Crippen LogP contribution < -0.4 is 0 Å². The molecule has 1 saturated carbocycles. The number of fused-ring (bicyclic) bond motifs is 1. The van der Waals surface area contributed by atoms with Crippen molar-refractivity contribution in [2.45, 2.75) is 59.0 Å². The third kappa shape index (κ3) is 1.73. The third-order valence-electron chi connectivity index (χ3n) is 4.59. The molecule has 0 spiro atoms. The van der Waals surface area contributed by atoms with Gasteiger partial charge in [-0.1, -0.05) is 20.3 Å². The molecule has 0 aromatic heterocycles. The van der Waals surface area contributed by atoms with Gasteiger partial charge in [-0.05, 0) is 38.0 Å². The maximum absolute atomic E-state index is 11.5. The highest BCUT2D eigenvalue weighted by Gasteiger charge is 2.50. The SMILES string of the molecule is CC(=O)C(C)N1CC(C)(C)C2CCCC21. The molecule has 1 aliphatic carbocycles. The van der Waals surface area contributed by atoms with Crippen LogP contribution in [0.3, 0.4) is 0 Å². The second kappa shape index (κ2) is 3.58. The minimum atomic E-state index is 0.123. The summed E-state index contributed by atoms with van der Waals surface area (Å²) in [6.45, 7) is 9.62. The Labute approximate surface area is 93.0 Å². The molecule has 86 valence electrons. The van der Waals surface area contributed by atoms with Gasteiger partial charge in [0.2, 0.25) is 0 Å². The lowest BCUT2D eigenvalue weighted by molar-refractivity contribution is -0.122. The normalized spacial score (nSPS) is 36.5. The average molecular weight is 209 g/mol. The summed E-state index contributed by atoms with van der Waals surface area (Å²) >= 11 is 0. The molecule has 3 atom stereocenters. The zero-order chi connectivity index (χ0) is 11.2. The fraction of sp³-hybridized carbons (Fsp3) is 0.923. The summed E-state index contributed by atoms with van der Waals surface area (Å²) in [6, 6.07) is 0.802. The highest BCUT2D eigenvalue weighted by atomic mass is 16.1. The fourth-order valence-corrected chi connectivity index (χ4v) is 3.61. The number of Topliss-reactive ketones (excluding diaryl/α,β-unsaturated/α-hetero) is 1. The van der Waals surface area contributed by atoms with Crippen LogP contribution in [0.25, 0.3) is 0 Å². The molecule has 0 bridgehead atoms. The minimum absolute atomic E-state index is 0.123. The number of hydrogen-bond acceptors (Lipinski definition) is 2. The molecule has 2 heteroatoms. The van der Waals surface area contributed by atoms with Gasteiger partial charge in [-0.25, -0.2) is 0 Å². The number of hydrogen-bond donors (Lipinski definition) is 0. The van der Waals surface area contributed by atoms with Crippen LogP contribution in [-0.4, -0.2) is 29.3 Å². The molecule has 0 amide bonds. The Morgan fingerprint density at radius 2 is 2.07 bits per heavy atom. The average Bonchev–Trinajstić information content (AvgIpc) is 2.68. The van der Waals surface area contributed by atoms with E-state index in [4.69, 9.17) is 0 Å². The number of carbonyl (C=O) groups excluding carboxylic acids is 1. The van der Waals surface area contributed by atoms with E-state index in [-0.39, 0.29) is 6.04 Å². The Morgan fingerprint density at radius 1 is 1.40 bits per heavy atom. The van der Waals surface area contributed by atoms with Crippen LogP contribution in [0.2, 0.25) is 0 Å². The predicted octanol–water partition coefficient (Wildman–Crippen LogP) is 2.47. The standard InChI is InChI=1S/C13H23NO/c1-9(10(2)15)14-8-13(3,4)11-6-5-7-12(11)14/h9,11-12H,5-8H2,1-4H3. The number of ketones is 1. The molecular weight excluding hydrogens is 186 g/mol. The van der Waals surface area contributed by atoms with E-state index in [0.717, 1.165) is 12.5 Å². The zero-order valence-electron chi connectivity index (χ0n) is 10.4. The van der Waals surface area contributed by atoms with Crippen molar-refractivity contribution >= 4 is 5.78 Å². The number of likely N-dealkylation sites (tertiary alicyclic amines) is 1. The van der Waals surface area contributed by atoms with Crippen LogP contribution in [-0.2, 0) is 4.79 Å². The zero-order valence-corrected chi connectivity index (χ0v) is 10.4. The first-order chi connectivity index (χ1) is 6.93. The van der Waals surface area contributed by atoms with Crippen LogP contribution in [0.1, 0.15) is 47.0 Å². The fourth-order valence-electron chi connectivity index (χ4n) is 3.61. The summed E-state index contributed by atoms with van der Waals surface area (Å²) in [7, 11) is 0. The molecule has 15 heavy (non-hydrogen) atoms. The van der Waals surface area contributed by atoms with Gasteiger partial charge >= 0.3 is 0 Å². The number of carbonyl (C=O) groups is 1. The van der Waals surface area contributed by atoms with Gasteiger partial charge in [-0.3, -0.25) is 9.69 Å². The van der Waals surface area contributed by atoms with E-state index in [1.165, 1.54) is 19.3 Å². The summed E-state index contributed by atoms with van der Waals surface area (Å²) < 4.78 is 0. The second-order valence-corrected chi connectivity index (χ2v) is 6.05. The summed E-state index contributed by atoms with van der Waals surface area (Å²) in [5.41, 5.74) is 0.408. The van der Waals surface area contributed by atoms with Gasteiger partial charge in [0.25, 0.3) is 0 Å². The Balaban J connectivity index is 2.18. The van der Waals surface area contributed by atoms with Crippen molar-refractivity contribution in [2.75, 3.05) is 6.54 Å². The number of rotatable bonds is 2. The monoisotopic (exact) mass is 209 g/mol. The van der Waals surface area contributed by atoms with Crippen LogP contribution in [0.15, 0.2) is 0 Å². The van der Waals surface area contributed by atoms with Crippen molar-refractivity contribution in [3.63, 3.8) is 0 Å². The van der Waals surface area contributed by atoms with Crippen molar-refractivity contribution in [3.05, 3.63) is 0 Å². The van der Waals surface area contributed by atoms with Gasteiger partial charge in [-0.2, -0.15) is 0 Å². The van der Waals surface area contributed by atoms with Gasteiger partial charge in [0, 0.05) is 12.6 Å². The Kier molecular flexibility index (Phi) is 2.66. The minimum Gasteiger partial charge on any atom is -0.298 e. The highest BCUT2D eigenvalue weighted by molar-refractivity contribution is 5.81. The van der Waals surface area contributed by atoms with Crippen LogP contribution >= 0.6 is 0 Å². The lowest BCUT2D eigenvalue weighted by Crippen LogP contribution is -2.41.